The number of aromatic nitrogens is 3. The molecular weight excluding hydrogens is 813 g/mol. The van der Waals surface area contributed by atoms with Crippen LogP contribution in [0.3, 0.4) is 0 Å². The lowest BCUT2D eigenvalue weighted by Crippen LogP contribution is -2.59. The number of likely N-dealkylation sites (N-methyl/N-ethyl adjacent to an activating group) is 2. The van der Waals surface area contributed by atoms with Gasteiger partial charge in [-0.05, 0) is 105 Å². The Kier molecular flexibility index (Phi) is 15.6. The van der Waals surface area contributed by atoms with Crippen molar-refractivity contribution in [1.82, 2.24) is 35.6 Å². The zero-order valence-electron chi connectivity index (χ0n) is 37.4. The minimum atomic E-state index is -1.70. The monoisotopic (exact) mass is 877 g/mol. The number of nitrogens with zero attached hydrogens (tertiary/aromatic N) is 5. The average molecular weight is 878 g/mol. The number of aliphatic hydroxyl groups excluding tert-OH is 1. The van der Waals surface area contributed by atoms with Gasteiger partial charge in [-0.2, -0.15) is 0 Å². The van der Waals surface area contributed by atoms with Crippen molar-refractivity contribution in [3.8, 4) is 11.3 Å². The molecule has 62 heavy (non-hydrogen) atoms. The van der Waals surface area contributed by atoms with Crippen molar-refractivity contribution in [2.75, 3.05) is 27.7 Å². The molecule has 14 atom stereocenters. The molecule has 346 valence electrons. The second kappa shape index (κ2) is 19.9. The molecule has 0 unspecified atom stereocenters. The van der Waals surface area contributed by atoms with E-state index in [1.54, 1.807) is 27.7 Å². The Hall–Kier alpha value is -4.47. The summed E-state index contributed by atoms with van der Waals surface area (Å²) in [6, 6.07) is 4.79. The Bertz CT molecular complexity index is 1870. The lowest BCUT2D eigenvalue weighted by molar-refractivity contribution is -0.299. The van der Waals surface area contributed by atoms with Gasteiger partial charge >= 0.3 is 18.2 Å². The van der Waals surface area contributed by atoms with Gasteiger partial charge in [-0.3, -0.25) is 19.9 Å². The maximum absolute atomic E-state index is 14.3. The Morgan fingerprint density at radius 2 is 1.74 bits per heavy atom. The number of halogens is 1. The van der Waals surface area contributed by atoms with Crippen LogP contribution < -0.4 is 10.9 Å². The first-order valence-corrected chi connectivity index (χ1v) is 21.1. The molecule has 1 aromatic heterocycles. The molecule has 1 aromatic carbocycles. The van der Waals surface area contributed by atoms with E-state index in [1.807, 2.05) is 51.7 Å². The van der Waals surface area contributed by atoms with Crippen LogP contribution in [-0.2, 0) is 44.6 Å². The lowest BCUT2D eigenvalue weighted by Gasteiger charge is -2.47. The summed E-state index contributed by atoms with van der Waals surface area (Å²) >= 11 is 0. The quantitative estimate of drug-likeness (QED) is 0.170. The van der Waals surface area contributed by atoms with E-state index in [2.05, 4.69) is 21.2 Å². The van der Waals surface area contributed by atoms with Crippen LogP contribution in [0.2, 0.25) is 0 Å². The zero-order valence-corrected chi connectivity index (χ0v) is 37.4. The van der Waals surface area contributed by atoms with Crippen LogP contribution in [0, 0.1) is 23.6 Å². The summed E-state index contributed by atoms with van der Waals surface area (Å²) in [4.78, 5) is 57.5. The number of nitrogens with one attached hydrogen (secondary N) is 2. The minimum Gasteiger partial charge on any atom is -0.458 e. The molecule has 3 saturated heterocycles. The predicted molar refractivity (Wildman–Crippen MR) is 219 cm³/mol. The summed E-state index contributed by atoms with van der Waals surface area (Å²) < 4.78 is 51.0. The number of ether oxygens (including phenoxy) is 6. The topological polar surface area (TPSA) is 225 Å². The third-order valence-corrected chi connectivity index (χ3v) is 12.4. The highest BCUT2D eigenvalue weighted by Crippen LogP contribution is 2.40. The number of hydrogen-bond donors (Lipinski definition) is 4. The van der Waals surface area contributed by atoms with Gasteiger partial charge in [-0.15, -0.1) is 5.10 Å². The second-order valence-corrected chi connectivity index (χ2v) is 17.9. The second-order valence-electron chi connectivity index (χ2n) is 17.9. The Morgan fingerprint density at radius 1 is 1.06 bits per heavy atom. The molecule has 3 aliphatic rings. The van der Waals surface area contributed by atoms with E-state index in [0.717, 1.165) is 0 Å². The van der Waals surface area contributed by atoms with Crippen molar-refractivity contribution in [2.45, 2.75) is 147 Å². The van der Waals surface area contributed by atoms with Gasteiger partial charge < -0.3 is 43.5 Å². The van der Waals surface area contributed by atoms with Gasteiger partial charge in [0.05, 0.1) is 29.9 Å². The van der Waals surface area contributed by atoms with Crippen LogP contribution in [0.15, 0.2) is 30.5 Å². The average Bonchev–Trinajstić information content (AvgIpc) is 3.79. The summed E-state index contributed by atoms with van der Waals surface area (Å²) in [5.41, 5.74) is 2.34. The maximum Gasteiger partial charge on any atom is 0.509 e. The molecule has 0 aliphatic carbocycles. The lowest BCUT2D eigenvalue weighted by atomic mass is 9.77. The van der Waals surface area contributed by atoms with Gasteiger partial charge in [-0.25, -0.2) is 24.1 Å². The van der Waals surface area contributed by atoms with Crippen molar-refractivity contribution in [3.05, 3.63) is 36.3 Å². The predicted octanol–water partition coefficient (Wildman–Crippen LogP) is 3.02. The normalized spacial score (nSPS) is 36.3. The number of esters is 1. The fourth-order valence-corrected chi connectivity index (χ4v) is 9.13. The van der Waals surface area contributed by atoms with Gasteiger partial charge in [0.25, 0.3) is 5.91 Å². The number of amides is 2. The van der Waals surface area contributed by atoms with E-state index in [-0.39, 0.29) is 37.5 Å². The summed E-state index contributed by atoms with van der Waals surface area (Å²) in [6.45, 7) is 13.9. The highest BCUT2D eigenvalue weighted by molar-refractivity contribution is 5.79. The van der Waals surface area contributed by atoms with Crippen LogP contribution in [-0.4, -0.2) is 153 Å². The van der Waals surface area contributed by atoms with E-state index in [1.165, 1.54) is 42.1 Å². The van der Waals surface area contributed by atoms with Crippen LogP contribution in [0.25, 0.3) is 11.3 Å². The first kappa shape index (κ1) is 48.6. The van der Waals surface area contributed by atoms with Crippen molar-refractivity contribution in [3.63, 3.8) is 0 Å². The summed E-state index contributed by atoms with van der Waals surface area (Å²) in [7, 11) is 5.53. The molecule has 3 aliphatic heterocycles. The number of hydrogen-bond acceptors (Lipinski definition) is 16. The number of hydrazine groups is 1. The van der Waals surface area contributed by atoms with Crippen LogP contribution in [0.1, 0.15) is 74.7 Å². The number of aliphatic hydroxyl groups is 2. The van der Waals surface area contributed by atoms with Crippen LogP contribution in [0.5, 0.6) is 0 Å². The molecule has 4 heterocycles. The molecule has 0 saturated carbocycles. The van der Waals surface area contributed by atoms with E-state index in [4.69, 9.17) is 28.4 Å². The van der Waals surface area contributed by atoms with Gasteiger partial charge in [-0.1, -0.05) is 26.0 Å². The van der Waals surface area contributed by atoms with Crippen LogP contribution >= 0.6 is 0 Å². The van der Waals surface area contributed by atoms with Crippen molar-refractivity contribution in [1.29, 1.82) is 0 Å². The smallest absolute Gasteiger partial charge is 0.458 e. The standard InChI is InChI=1S/C42H64FN7O12/c1-12-31-42(8)36(61-40(55)62-42)26(6)49(11)19-22(2)18-41(7,56)35(60-38-33(52)30(48(9)10)17-23(3)57-38)24(4)34(25(5)37(53)58-31)59-39(54)46-45-32(51)21-50-20-29(44-47-50)27-13-15-28(43)16-14-27/h13-16,20,22-26,30-31,33-36,38,52,56H,12,17-19,21H2,1-11H3,(H,45,51)(H,46,54)/t22-,23-,24+,25-,26-,30+,31-,33-,34+,35-,36-,38+,41-,42-/m1/s1. The van der Waals surface area contributed by atoms with Gasteiger partial charge in [0.15, 0.2) is 18.0 Å². The molecule has 2 aromatic rings. The molecule has 2 amide bonds. The van der Waals surface area contributed by atoms with Gasteiger partial charge in [0.2, 0.25) is 0 Å². The Morgan fingerprint density at radius 3 is 2.39 bits per heavy atom. The summed E-state index contributed by atoms with van der Waals surface area (Å²) in [5, 5.41) is 32.0. The minimum absolute atomic E-state index is 0.128. The third-order valence-electron chi connectivity index (χ3n) is 12.4. The Labute approximate surface area is 361 Å². The highest BCUT2D eigenvalue weighted by atomic mass is 19.1. The molecule has 20 heteroatoms. The SMILES string of the molecule is CC[C@H]1OC(=O)[C@H](C)[C@@H](OC(=O)NNC(=O)Cn2cc(-c3ccc(F)cc3)nn2)[C@H](C)[C@@H](O[C@@H]2O[C@H](C)C[C@H](N(C)C)[C@H]2O)[C@](C)(O)C[C@@H](C)CN(C)[C@H](C)[C@H]2OC(=O)O[C@@]21C. The fourth-order valence-electron chi connectivity index (χ4n) is 9.13. The van der Waals surface area contributed by atoms with Gasteiger partial charge in [0.1, 0.15) is 36.4 Å². The zero-order chi connectivity index (χ0) is 45.8. The number of cyclic esters (lactones) is 1. The summed E-state index contributed by atoms with van der Waals surface area (Å²) in [5.74, 6) is -4.44. The van der Waals surface area contributed by atoms with Gasteiger partial charge in [0, 0.05) is 30.1 Å². The summed E-state index contributed by atoms with van der Waals surface area (Å²) in [6.07, 6.45) is -6.92. The molecule has 4 N–H and O–H groups in total. The number of fused-ring (bicyclic) bond motifs is 1. The third kappa shape index (κ3) is 11.2. The molecule has 19 nitrogen and oxygen atoms in total. The number of benzene rings is 1. The van der Waals surface area contributed by atoms with E-state index in [9.17, 15) is 33.8 Å². The Balaban J connectivity index is 1.45. The van der Waals surface area contributed by atoms with Crippen molar-refractivity contribution in [2.24, 2.45) is 17.8 Å². The molecule has 0 bridgehead atoms. The molecule has 3 fully saturated rings. The van der Waals surface area contributed by atoms with E-state index in [0.29, 0.717) is 24.2 Å². The van der Waals surface area contributed by atoms with Crippen molar-refractivity contribution < 1.29 is 62.2 Å². The fraction of sp³-hybridized carbons (Fsp3) is 0.714. The highest BCUT2D eigenvalue weighted by Gasteiger charge is 2.58. The molecular formula is C42H64FN7O12. The van der Waals surface area contributed by atoms with Crippen LogP contribution in [0.4, 0.5) is 14.0 Å². The largest absolute Gasteiger partial charge is 0.509 e. The molecule has 0 radical (unpaired) electrons. The maximum atomic E-state index is 14.3. The number of carbonyl (C=O) groups excluding carboxylic acids is 4. The number of rotatable bonds is 8. The molecule has 5 rings (SSSR count). The van der Waals surface area contributed by atoms with E-state index < -0.39 is 95.8 Å². The first-order valence-electron chi connectivity index (χ1n) is 21.1. The first-order chi connectivity index (χ1) is 29.0. The van der Waals surface area contributed by atoms with Crippen molar-refractivity contribution >= 4 is 24.1 Å². The number of carbonyl (C=O) groups is 4. The van der Waals surface area contributed by atoms with E-state index >= 15 is 0 Å². The molecule has 0 spiro atoms.